The summed E-state index contributed by atoms with van der Waals surface area (Å²) in [7, 11) is 0. The molecule has 1 aliphatic heterocycles. The lowest BCUT2D eigenvalue weighted by molar-refractivity contribution is -0.135. The number of amides is 2. The molecule has 1 saturated carbocycles. The lowest BCUT2D eigenvalue weighted by Gasteiger charge is -2.39. The summed E-state index contributed by atoms with van der Waals surface area (Å²) in [6.45, 7) is 4.26. The van der Waals surface area contributed by atoms with E-state index in [1.807, 2.05) is 4.90 Å². The minimum Gasteiger partial charge on any atom is -0.339 e. The lowest BCUT2D eigenvalue weighted by atomic mass is 9.71. The maximum Gasteiger partial charge on any atom is 0.254 e. The van der Waals surface area contributed by atoms with E-state index in [0.717, 1.165) is 25.7 Å². The molecule has 0 atom stereocenters. The number of carbonyl (C=O) groups is 2. The van der Waals surface area contributed by atoms with E-state index in [4.69, 9.17) is 5.73 Å². The first-order chi connectivity index (χ1) is 12.9. The fraction of sp³-hybridized carbons (Fsp3) is 0.619. The van der Waals surface area contributed by atoms with Crippen molar-refractivity contribution in [2.45, 2.75) is 45.4 Å². The summed E-state index contributed by atoms with van der Waals surface area (Å²) < 4.78 is 13.7. The van der Waals surface area contributed by atoms with Gasteiger partial charge in [-0.05, 0) is 49.4 Å². The van der Waals surface area contributed by atoms with Crippen molar-refractivity contribution >= 4 is 24.2 Å². The quantitative estimate of drug-likeness (QED) is 0.827. The van der Waals surface area contributed by atoms with Gasteiger partial charge < -0.3 is 15.5 Å². The number of hydrogen-bond donors (Lipinski definition) is 1. The van der Waals surface area contributed by atoms with Crippen LogP contribution >= 0.6 is 12.4 Å². The number of aryl methyl sites for hydroxylation is 1. The second-order valence-electron chi connectivity index (χ2n) is 8.08. The molecule has 28 heavy (non-hydrogen) atoms. The highest BCUT2D eigenvalue weighted by molar-refractivity contribution is 5.94. The van der Waals surface area contributed by atoms with E-state index in [1.54, 1.807) is 24.0 Å². The standard InChI is InChI=1S/C21H30FN3O2.ClH/c1-16-5-6-17(13-18(16)22)20(27)25-11-9-24(10-12-25)19(26)14-21(15-23)7-3-2-4-8-21;/h5-6,13H,2-4,7-12,14-15,23H2,1H3;1H. The van der Waals surface area contributed by atoms with Crippen LogP contribution in [0.2, 0.25) is 0 Å². The molecule has 1 aliphatic carbocycles. The van der Waals surface area contributed by atoms with E-state index in [9.17, 15) is 14.0 Å². The van der Waals surface area contributed by atoms with Gasteiger partial charge in [-0.15, -0.1) is 12.4 Å². The van der Waals surface area contributed by atoms with Gasteiger partial charge >= 0.3 is 0 Å². The highest BCUT2D eigenvalue weighted by atomic mass is 35.5. The van der Waals surface area contributed by atoms with Crippen molar-refractivity contribution in [1.29, 1.82) is 0 Å². The van der Waals surface area contributed by atoms with E-state index in [0.29, 0.717) is 50.3 Å². The molecule has 1 heterocycles. The van der Waals surface area contributed by atoms with Gasteiger partial charge in [0.25, 0.3) is 5.91 Å². The Morgan fingerprint density at radius 3 is 2.25 bits per heavy atom. The predicted molar refractivity (Wildman–Crippen MR) is 110 cm³/mol. The molecule has 7 heteroatoms. The van der Waals surface area contributed by atoms with Gasteiger partial charge in [0, 0.05) is 38.2 Å². The average Bonchev–Trinajstić information content (AvgIpc) is 2.70. The molecule has 2 fully saturated rings. The summed E-state index contributed by atoms with van der Waals surface area (Å²) in [4.78, 5) is 28.9. The van der Waals surface area contributed by atoms with Crippen molar-refractivity contribution in [2.24, 2.45) is 11.1 Å². The fourth-order valence-corrected chi connectivity index (χ4v) is 4.25. The van der Waals surface area contributed by atoms with Crippen molar-refractivity contribution < 1.29 is 14.0 Å². The summed E-state index contributed by atoms with van der Waals surface area (Å²) in [6.07, 6.45) is 6.12. The molecule has 0 aromatic heterocycles. The molecule has 1 saturated heterocycles. The molecule has 0 bridgehead atoms. The van der Waals surface area contributed by atoms with Crippen LogP contribution in [-0.2, 0) is 4.79 Å². The molecular formula is C21H31ClFN3O2. The number of hydrogen-bond acceptors (Lipinski definition) is 3. The van der Waals surface area contributed by atoms with Crippen LogP contribution in [0.1, 0.15) is 54.4 Å². The monoisotopic (exact) mass is 411 g/mol. The third kappa shape index (κ3) is 5.03. The predicted octanol–water partition coefficient (Wildman–Crippen LogP) is 3.14. The number of nitrogens with two attached hydrogens (primary N) is 1. The number of nitrogens with zero attached hydrogens (tertiary/aromatic N) is 2. The smallest absolute Gasteiger partial charge is 0.254 e. The molecule has 2 amide bonds. The van der Waals surface area contributed by atoms with Crippen molar-refractivity contribution in [3.8, 4) is 0 Å². The molecule has 0 radical (unpaired) electrons. The SMILES string of the molecule is Cc1ccc(C(=O)N2CCN(C(=O)CC3(CN)CCCCC3)CC2)cc1F.Cl. The zero-order chi connectivity index (χ0) is 19.4. The van der Waals surface area contributed by atoms with Crippen LogP contribution in [0.25, 0.3) is 0 Å². The van der Waals surface area contributed by atoms with Crippen LogP contribution in [0, 0.1) is 18.2 Å². The minimum absolute atomic E-state index is 0. The summed E-state index contributed by atoms with van der Waals surface area (Å²) in [5, 5.41) is 0. The van der Waals surface area contributed by atoms with Gasteiger partial charge in [-0.25, -0.2) is 4.39 Å². The Labute approximate surface area is 172 Å². The van der Waals surface area contributed by atoms with Crippen LogP contribution in [0.5, 0.6) is 0 Å². The zero-order valence-corrected chi connectivity index (χ0v) is 17.4. The number of halogens is 2. The molecule has 5 nitrogen and oxygen atoms in total. The number of carbonyl (C=O) groups excluding carboxylic acids is 2. The van der Waals surface area contributed by atoms with E-state index in [2.05, 4.69) is 0 Å². The summed E-state index contributed by atoms with van der Waals surface area (Å²) in [6, 6.07) is 4.58. The minimum atomic E-state index is -0.366. The average molecular weight is 412 g/mol. The van der Waals surface area contributed by atoms with Gasteiger partial charge in [0.1, 0.15) is 5.82 Å². The molecule has 1 aromatic rings. The van der Waals surface area contributed by atoms with Crippen molar-refractivity contribution in [3.05, 3.63) is 35.1 Å². The first-order valence-corrected chi connectivity index (χ1v) is 9.97. The number of rotatable bonds is 4. The Morgan fingerprint density at radius 1 is 1.07 bits per heavy atom. The summed E-state index contributed by atoms with van der Waals surface area (Å²) in [5.74, 6) is -0.392. The van der Waals surface area contributed by atoms with Crippen LogP contribution in [0.3, 0.4) is 0 Å². The fourth-order valence-electron chi connectivity index (χ4n) is 4.25. The van der Waals surface area contributed by atoms with E-state index in [1.165, 1.54) is 12.5 Å². The second-order valence-corrected chi connectivity index (χ2v) is 8.08. The van der Waals surface area contributed by atoms with Crippen LogP contribution in [-0.4, -0.2) is 54.3 Å². The molecule has 156 valence electrons. The van der Waals surface area contributed by atoms with Gasteiger partial charge in [0.05, 0.1) is 0 Å². The van der Waals surface area contributed by atoms with Crippen molar-refractivity contribution in [2.75, 3.05) is 32.7 Å². The largest absolute Gasteiger partial charge is 0.339 e. The normalized spacial score (nSPS) is 19.1. The van der Waals surface area contributed by atoms with Crippen molar-refractivity contribution in [3.63, 3.8) is 0 Å². The number of piperazine rings is 1. The van der Waals surface area contributed by atoms with Gasteiger partial charge in [-0.1, -0.05) is 25.3 Å². The van der Waals surface area contributed by atoms with Crippen LogP contribution in [0.15, 0.2) is 18.2 Å². The van der Waals surface area contributed by atoms with Crippen LogP contribution in [0.4, 0.5) is 4.39 Å². The Hall–Kier alpha value is -1.66. The van der Waals surface area contributed by atoms with Crippen molar-refractivity contribution in [1.82, 2.24) is 9.80 Å². The van der Waals surface area contributed by atoms with E-state index < -0.39 is 0 Å². The topological polar surface area (TPSA) is 66.6 Å². The third-order valence-electron chi connectivity index (χ3n) is 6.21. The molecule has 0 unspecified atom stereocenters. The molecule has 1 aromatic carbocycles. The maximum absolute atomic E-state index is 13.7. The first kappa shape index (κ1) is 22.6. The Balaban J connectivity index is 0.00000280. The first-order valence-electron chi connectivity index (χ1n) is 9.97. The third-order valence-corrected chi connectivity index (χ3v) is 6.21. The van der Waals surface area contributed by atoms with Crippen LogP contribution < -0.4 is 5.73 Å². The maximum atomic E-state index is 13.7. The van der Waals surface area contributed by atoms with E-state index in [-0.39, 0.29) is 35.5 Å². The molecule has 3 rings (SSSR count). The molecule has 0 spiro atoms. The van der Waals surface area contributed by atoms with Gasteiger partial charge in [0.15, 0.2) is 0 Å². The number of benzene rings is 1. The highest BCUT2D eigenvalue weighted by Gasteiger charge is 2.35. The Kier molecular flexibility index (Phi) is 7.84. The van der Waals surface area contributed by atoms with E-state index >= 15 is 0 Å². The molecule has 2 aliphatic rings. The lowest BCUT2D eigenvalue weighted by Crippen LogP contribution is -2.52. The van der Waals surface area contributed by atoms with Gasteiger partial charge in [-0.3, -0.25) is 9.59 Å². The molecule has 2 N–H and O–H groups in total. The van der Waals surface area contributed by atoms with Gasteiger partial charge in [0.2, 0.25) is 5.91 Å². The zero-order valence-electron chi connectivity index (χ0n) is 16.6. The van der Waals surface area contributed by atoms with Gasteiger partial charge in [-0.2, -0.15) is 0 Å². The summed E-state index contributed by atoms with van der Waals surface area (Å²) >= 11 is 0. The Morgan fingerprint density at radius 2 is 1.68 bits per heavy atom. The highest BCUT2D eigenvalue weighted by Crippen LogP contribution is 2.38. The Bertz CT molecular complexity index is 699. The molecular weight excluding hydrogens is 381 g/mol. The summed E-state index contributed by atoms with van der Waals surface area (Å²) in [5.41, 5.74) is 6.86. The second kappa shape index (κ2) is 9.70.